The molecule has 1 fully saturated rings. The molecular weight excluding hydrogens is 310 g/mol. The summed E-state index contributed by atoms with van der Waals surface area (Å²) in [5.41, 5.74) is 3.84. The van der Waals surface area contributed by atoms with Gasteiger partial charge in [0.15, 0.2) is 0 Å². The molecule has 126 valence electrons. The summed E-state index contributed by atoms with van der Waals surface area (Å²) in [6.45, 7) is 2.25. The number of primary sulfonamides is 1. The molecule has 1 aromatic heterocycles. The number of nitrogens with zero attached hydrogens (tertiary/aromatic N) is 2. The van der Waals surface area contributed by atoms with E-state index in [0.29, 0.717) is 12.3 Å². The van der Waals surface area contributed by atoms with Gasteiger partial charge in [0.25, 0.3) is 0 Å². The summed E-state index contributed by atoms with van der Waals surface area (Å²) in [5, 5.41) is 6.38. The second-order valence-electron chi connectivity index (χ2n) is 6.77. The molecule has 2 heterocycles. The van der Waals surface area contributed by atoms with Crippen molar-refractivity contribution < 1.29 is 8.42 Å². The van der Waals surface area contributed by atoms with Gasteiger partial charge in [-0.25, -0.2) is 13.6 Å². The number of aryl methyl sites for hydroxylation is 2. The third-order valence-electron chi connectivity index (χ3n) is 4.81. The van der Waals surface area contributed by atoms with E-state index in [4.69, 9.17) is 5.14 Å². The third-order valence-corrected chi connectivity index (χ3v) is 5.67. The molecule has 1 unspecified atom stereocenters. The Balaban J connectivity index is 1.85. The van der Waals surface area contributed by atoms with Crippen LogP contribution in [0.25, 0.3) is 10.9 Å². The predicted octanol–water partition coefficient (Wildman–Crippen LogP) is 1.82. The van der Waals surface area contributed by atoms with E-state index in [0.717, 1.165) is 19.5 Å². The second kappa shape index (κ2) is 6.26. The van der Waals surface area contributed by atoms with Crippen LogP contribution < -0.4 is 5.14 Å². The molecule has 0 bridgehead atoms. The van der Waals surface area contributed by atoms with Crippen LogP contribution in [0.2, 0.25) is 0 Å². The molecule has 1 aliphatic heterocycles. The Morgan fingerprint density at radius 1 is 1.30 bits per heavy atom. The molecule has 6 heteroatoms. The van der Waals surface area contributed by atoms with Gasteiger partial charge in [-0.1, -0.05) is 6.07 Å². The van der Waals surface area contributed by atoms with Gasteiger partial charge >= 0.3 is 0 Å². The Morgan fingerprint density at radius 2 is 2.09 bits per heavy atom. The van der Waals surface area contributed by atoms with Crippen LogP contribution in [0.3, 0.4) is 0 Å². The molecule has 0 amide bonds. The fraction of sp³-hybridized carbons (Fsp3) is 0.529. The smallest absolute Gasteiger partial charge is 0.209 e. The van der Waals surface area contributed by atoms with Crippen molar-refractivity contribution in [1.82, 2.24) is 9.47 Å². The number of likely N-dealkylation sites (tertiary alicyclic amines) is 1. The molecule has 0 radical (unpaired) electrons. The number of likely N-dealkylation sites (N-methyl/N-ethyl adjacent to an activating group) is 1. The standard InChI is InChI=1S/C17H25N3O2S/c1-19-8-7-14(11-19)16-12-20(2)17-6-5-13(10-15(16)17)4-3-9-23(18,21)22/h5-6,10,12,14H,3-4,7-9,11H2,1-2H3,(H2,18,21,22). The molecule has 1 aliphatic rings. The first-order chi connectivity index (χ1) is 10.8. The zero-order valence-corrected chi connectivity index (χ0v) is 14.6. The van der Waals surface area contributed by atoms with Gasteiger partial charge in [0.05, 0.1) is 5.75 Å². The van der Waals surface area contributed by atoms with Gasteiger partial charge in [0.2, 0.25) is 10.0 Å². The van der Waals surface area contributed by atoms with Crippen LogP contribution in [0.1, 0.15) is 29.9 Å². The second-order valence-corrected chi connectivity index (χ2v) is 8.50. The molecule has 1 atom stereocenters. The molecule has 1 saturated heterocycles. The van der Waals surface area contributed by atoms with Gasteiger partial charge in [-0.15, -0.1) is 0 Å². The highest BCUT2D eigenvalue weighted by Crippen LogP contribution is 2.33. The van der Waals surface area contributed by atoms with Crippen molar-refractivity contribution in [2.75, 3.05) is 25.9 Å². The lowest BCUT2D eigenvalue weighted by molar-refractivity contribution is 0.412. The summed E-state index contributed by atoms with van der Waals surface area (Å²) < 4.78 is 24.3. The zero-order chi connectivity index (χ0) is 16.6. The molecular formula is C17H25N3O2S. The van der Waals surface area contributed by atoms with Crippen molar-refractivity contribution in [2.45, 2.75) is 25.2 Å². The number of hydrogen-bond acceptors (Lipinski definition) is 3. The molecule has 1 aromatic carbocycles. The number of benzene rings is 1. The van der Waals surface area contributed by atoms with E-state index in [9.17, 15) is 8.42 Å². The van der Waals surface area contributed by atoms with E-state index in [1.807, 2.05) is 0 Å². The van der Waals surface area contributed by atoms with E-state index in [2.05, 4.69) is 48.0 Å². The lowest BCUT2D eigenvalue weighted by Gasteiger charge is -2.10. The minimum atomic E-state index is -3.37. The molecule has 3 rings (SSSR count). The lowest BCUT2D eigenvalue weighted by Crippen LogP contribution is -2.16. The maximum Gasteiger partial charge on any atom is 0.209 e. The molecule has 2 aromatic rings. The maximum atomic E-state index is 11.1. The van der Waals surface area contributed by atoms with E-state index in [-0.39, 0.29) is 5.75 Å². The Bertz CT molecular complexity index is 811. The van der Waals surface area contributed by atoms with Crippen LogP contribution in [-0.2, 0) is 23.5 Å². The largest absolute Gasteiger partial charge is 0.350 e. The van der Waals surface area contributed by atoms with Crippen LogP contribution in [-0.4, -0.2) is 43.8 Å². The minimum absolute atomic E-state index is 0.0418. The Morgan fingerprint density at radius 3 is 2.74 bits per heavy atom. The predicted molar refractivity (Wildman–Crippen MR) is 94.1 cm³/mol. The topological polar surface area (TPSA) is 68.3 Å². The first-order valence-electron chi connectivity index (χ1n) is 8.10. The monoisotopic (exact) mass is 335 g/mol. The van der Waals surface area contributed by atoms with E-state index >= 15 is 0 Å². The Labute approximate surface area is 138 Å². The molecule has 0 aliphatic carbocycles. The first-order valence-corrected chi connectivity index (χ1v) is 9.82. The van der Waals surface area contributed by atoms with Gasteiger partial charge < -0.3 is 9.47 Å². The quantitative estimate of drug-likeness (QED) is 0.906. The summed E-state index contributed by atoms with van der Waals surface area (Å²) in [7, 11) is 0.889. The highest BCUT2D eigenvalue weighted by molar-refractivity contribution is 7.89. The summed E-state index contributed by atoms with van der Waals surface area (Å²) in [4.78, 5) is 2.37. The summed E-state index contributed by atoms with van der Waals surface area (Å²) >= 11 is 0. The number of sulfonamides is 1. The number of hydrogen-bond donors (Lipinski definition) is 1. The maximum absolute atomic E-state index is 11.1. The van der Waals surface area contributed by atoms with E-state index in [1.165, 1.54) is 28.5 Å². The first kappa shape index (κ1) is 16.5. The zero-order valence-electron chi connectivity index (χ0n) is 13.8. The van der Waals surface area contributed by atoms with Gasteiger partial charge in [-0.2, -0.15) is 0 Å². The van der Waals surface area contributed by atoms with Crippen molar-refractivity contribution in [2.24, 2.45) is 12.2 Å². The average molecular weight is 335 g/mol. The number of fused-ring (bicyclic) bond motifs is 1. The van der Waals surface area contributed by atoms with Crippen LogP contribution in [0.4, 0.5) is 0 Å². The van der Waals surface area contributed by atoms with Crippen molar-refractivity contribution in [3.8, 4) is 0 Å². The van der Waals surface area contributed by atoms with Crippen LogP contribution >= 0.6 is 0 Å². The molecule has 23 heavy (non-hydrogen) atoms. The lowest BCUT2D eigenvalue weighted by atomic mass is 9.96. The fourth-order valence-electron chi connectivity index (χ4n) is 3.62. The Hall–Kier alpha value is -1.37. The van der Waals surface area contributed by atoms with Gasteiger partial charge in [-0.05, 0) is 62.0 Å². The van der Waals surface area contributed by atoms with Crippen molar-refractivity contribution in [1.29, 1.82) is 0 Å². The summed E-state index contributed by atoms with van der Waals surface area (Å²) in [6.07, 6.45) is 4.76. The highest BCUT2D eigenvalue weighted by atomic mass is 32.2. The Kier molecular flexibility index (Phi) is 4.49. The number of aromatic nitrogens is 1. The normalized spacial score (nSPS) is 19.7. The molecule has 0 spiro atoms. The van der Waals surface area contributed by atoms with Crippen molar-refractivity contribution in [3.05, 3.63) is 35.5 Å². The van der Waals surface area contributed by atoms with E-state index in [1.54, 1.807) is 0 Å². The molecule has 5 nitrogen and oxygen atoms in total. The summed E-state index contributed by atoms with van der Waals surface area (Å²) in [5.74, 6) is 0.628. The van der Waals surface area contributed by atoms with Gasteiger partial charge in [0, 0.05) is 30.7 Å². The SMILES string of the molecule is CN1CCC(c2cn(C)c3ccc(CCCS(N)(=O)=O)cc23)C1. The fourth-order valence-corrected chi connectivity index (χ4v) is 4.16. The highest BCUT2D eigenvalue weighted by Gasteiger charge is 2.24. The third kappa shape index (κ3) is 3.76. The van der Waals surface area contributed by atoms with Crippen molar-refractivity contribution in [3.63, 3.8) is 0 Å². The number of rotatable bonds is 5. The minimum Gasteiger partial charge on any atom is -0.350 e. The molecule has 0 saturated carbocycles. The summed E-state index contributed by atoms with van der Waals surface area (Å²) in [6, 6.07) is 6.46. The van der Waals surface area contributed by atoms with E-state index < -0.39 is 10.0 Å². The van der Waals surface area contributed by atoms with Gasteiger partial charge in [-0.3, -0.25) is 0 Å². The average Bonchev–Trinajstić information content (AvgIpc) is 3.02. The van der Waals surface area contributed by atoms with Gasteiger partial charge in [0.1, 0.15) is 0 Å². The van der Waals surface area contributed by atoms with Crippen molar-refractivity contribution >= 4 is 20.9 Å². The van der Waals surface area contributed by atoms with Crippen LogP contribution in [0.5, 0.6) is 0 Å². The molecule has 2 N–H and O–H groups in total. The van der Waals surface area contributed by atoms with Crippen LogP contribution in [0, 0.1) is 0 Å². The van der Waals surface area contributed by atoms with Crippen LogP contribution in [0.15, 0.2) is 24.4 Å². The number of nitrogens with two attached hydrogens (primary N) is 1.